The van der Waals surface area contributed by atoms with Crippen molar-refractivity contribution in [1.82, 2.24) is 10.2 Å². The predicted octanol–water partition coefficient (Wildman–Crippen LogP) is 2.25. The van der Waals surface area contributed by atoms with Gasteiger partial charge in [0.25, 0.3) is 0 Å². The topological polar surface area (TPSA) is 15.3 Å². The SMILES string of the molecule is CCN(CC)CCCC(C)NC1CC1. The predicted molar refractivity (Wildman–Crippen MR) is 62.6 cm³/mol. The summed E-state index contributed by atoms with van der Waals surface area (Å²) in [6.45, 7) is 10.5. The molecule has 0 aromatic heterocycles. The standard InChI is InChI=1S/C12H26N2/c1-4-14(5-2)10-6-7-11(3)13-12-8-9-12/h11-13H,4-10H2,1-3H3. The Hall–Kier alpha value is -0.0800. The molecule has 1 rings (SSSR count). The van der Waals surface area contributed by atoms with Crippen LogP contribution in [0.1, 0.15) is 46.5 Å². The zero-order chi connectivity index (χ0) is 10.4. The van der Waals surface area contributed by atoms with Crippen molar-refractivity contribution in [3.63, 3.8) is 0 Å². The van der Waals surface area contributed by atoms with Crippen LogP contribution in [0.25, 0.3) is 0 Å². The Bertz CT molecular complexity index is 139. The highest BCUT2D eigenvalue weighted by atomic mass is 15.1. The van der Waals surface area contributed by atoms with E-state index in [9.17, 15) is 0 Å². The molecule has 1 aliphatic rings. The van der Waals surface area contributed by atoms with Gasteiger partial charge in [-0.25, -0.2) is 0 Å². The Balaban J connectivity index is 1.95. The van der Waals surface area contributed by atoms with Gasteiger partial charge in [0.15, 0.2) is 0 Å². The van der Waals surface area contributed by atoms with E-state index in [-0.39, 0.29) is 0 Å². The van der Waals surface area contributed by atoms with Gasteiger partial charge in [-0.3, -0.25) is 0 Å². The normalized spacial score (nSPS) is 18.9. The summed E-state index contributed by atoms with van der Waals surface area (Å²) in [5, 5.41) is 3.65. The fraction of sp³-hybridized carbons (Fsp3) is 1.00. The van der Waals surface area contributed by atoms with Crippen molar-refractivity contribution in [3.8, 4) is 0 Å². The van der Waals surface area contributed by atoms with E-state index in [1.165, 1.54) is 45.3 Å². The Kier molecular flexibility index (Phi) is 5.49. The molecule has 1 unspecified atom stereocenters. The van der Waals surface area contributed by atoms with E-state index < -0.39 is 0 Å². The summed E-state index contributed by atoms with van der Waals surface area (Å²) in [4.78, 5) is 2.50. The van der Waals surface area contributed by atoms with E-state index in [4.69, 9.17) is 0 Å². The maximum absolute atomic E-state index is 3.65. The Morgan fingerprint density at radius 1 is 1.29 bits per heavy atom. The molecule has 0 radical (unpaired) electrons. The Labute approximate surface area is 89.1 Å². The minimum atomic E-state index is 0.720. The van der Waals surface area contributed by atoms with Crippen molar-refractivity contribution in [3.05, 3.63) is 0 Å². The first-order chi connectivity index (χ1) is 6.76. The summed E-state index contributed by atoms with van der Waals surface area (Å²) >= 11 is 0. The number of hydrogen-bond donors (Lipinski definition) is 1. The number of nitrogens with one attached hydrogen (secondary N) is 1. The van der Waals surface area contributed by atoms with Crippen LogP contribution >= 0.6 is 0 Å². The molecule has 84 valence electrons. The Morgan fingerprint density at radius 3 is 2.43 bits per heavy atom. The van der Waals surface area contributed by atoms with Crippen molar-refractivity contribution in [1.29, 1.82) is 0 Å². The average Bonchev–Trinajstić information content (AvgIpc) is 2.96. The van der Waals surface area contributed by atoms with Crippen LogP contribution < -0.4 is 5.32 Å². The molecule has 0 aliphatic heterocycles. The van der Waals surface area contributed by atoms with Crippen LogP contribution in [0.4, 0.5) is 0 Å². The summed E-state index contributed by atoms with van der Waals surface area (Å²) in [6.07, 6.45) is 5.47. The highest BCUT2D eigenvalue weighted by Crippen LogP contribution is 2.20. The lowest BCUT2D eigenvalue weighted by molar-refractivity contribution is 0.290. The van der Waals surface area contributed by atoms with Crippen LogP contribution in [0.3, 0.4) is 0 Å². The molecule has 0 spiro atoms. The molecule has 2 heteroatoms. The van der Waals surface area contributed by atoms with E-state index in [0.717, 1.165) is 12.1 Å². The van der Waals surface area contributed by atoms with Gasteiger partial charge in [-0.15, -0.1) is 0 Å². The Morgan fingerprint density at radius 2 is 1.93 bits per heavy atom. The lowest BCUT2D eigenvalue weighted by atomic mass is 10.1. The van der Waals surface area contributed by atoms with Crippen LogP contribution in [0, 0.1) is 0 Å². The second kappa shape index (κ2) is 6.41. The van der Waals surface area contributed by atoms with E-state index in [0.29, 0.717) is 0 Å². The van der Waals surface area contributed by atoms with Crippen LogP contribution in [-0.2, 0) is 0 Å². The molecule has 0 amide bonds. The molecule has 0 heterocycles. The van der Waals surface area contributed by atoms with Crippen molar-refractivity contribution in [2.24, 2.45) is 0 Å². The first-order valence-corrected chi connectivity index (χ1v) is 6.24. The van der Waals surface area contributed by atoms with Crippen molar-refractivity contribution in [2.75, 3.05) is 19.6 Å². The van der Waals surface area contributed by atoms with E-state index in [1.807, 2.05) is 0 Å². The van der Waals surface area contributed by atoms with Gasteiger partial charge in [0.05, 0.1) is 0 Å². The van der Waals surface area contributed by atoms with Crippen LogP contribution in [0.5, 0.6) is 0 Å². The fourth-order valence-corrected chi connectivity index (χ4v) is 1.90. The molecule has 0 bridgehead atoms. The van der Waals surface area contributed by atoms with E-state index in [1.54, 1.807) is 0 Å². The summed E-state index contributed by atoms with van der Waals surface area (Å²) < 4.78 is 0. The van der Waals surface area contributed by atoms with E-state index >= 15 is 0 Å². The zero-order valence-electron chi connectivity index (χ0n) is 10.1. The molecular weight excluding hydrogens is 172 g/mol. The molecular formula is C12H26N2. The zero-order valence-corrected chi connectivity index (χ0v) is 10.1. The fourth-order valence-electron chi connectivity index (χ4n) is 1.90. The van der Waals surface area contributed by atoms with Crippen molar-refractivity contribution >= 4 is 0 Å². The summed E-state index contributed by atoms with van der Waals surface area (Å²) in [7, 11) is 0. The van der Waals surface area contributed by atoms with Crippen molar-refractivity contribution < 1.29 is 0 Å². The molecule has 0 aromatic carbocycles. The highest BCUT2D eigenvalue weighted by molar-refractivity contribution is 4.83. The molecule has 1 N–H and O–H groups in total. The van der Waals surface area contributed by atoms with Gasteiger partial charge < -0.3 is 10.2 Å². The smallest absolute Gasteiger partial charge is 0.00706 e. The summed E-state index contributed by atoms with van der Waals surface area (Å²) in [5.41, 5.74) is 0. The third kappa shape index (κ3) is 4.97. The monoisotopic (exact) mass is 198 g/mol. The van der Waals surface area contributed by atoms with E-state index in [2.05, 4.69) is 31.0 Å². The lowest BCUT2D eigenvalue weighted by Gasteiger charge is -2.19. The third-order valence-electron chi connectivity index (χ3n) is 3.10. The maximum Gasteiger partial charge on any atom is 0.00706 e. The summed E-state index contributed by atoms with van der Waals surface area (Å²) in [6, 6.07) is 1.58. The molecule has 0 saturated heterocycles. The molecule has 1 saturated carbocycles. The first kappa shape index (κ1) is 12.0. The largest absolute Gasteiger partial charge is 0.312 e. The number of nitrogens with zero attached hydrogens (tertiary/aromatic N) is 1. The highest BCUT2D eigenvalue weighted by Gasteiger charge is 2.22. The van der Waals surface area contributed by atoms with Crippen LogP contribution in [0.2, 0.25) is 0 Å². The van der Waals surface area contributed by atoms with Gasteiger partial charge in [0.1, 0.15) is 0 Å². The number of hydrogen-bond acceptors (Lipinski definition) is 2. The molecule has 1 aliphatic carbocycles. The van der Waals surface area contributed by atoms with Crippen LogP contribution in [-0.4, -0.2) is 36.6 Å². The molecule has 14 heavy (non-hydrogen) atoms. The first-order valence-electron chi connectivity index (χ1n) is 6.24. The maximum atomic E-state index is 3.65. The van der Waals surface area contributed by atoms with Gasteiger partial charge in [0, 0.05) is 12.1 Å². The minimum Gasteiger partial charge on any atom is -0.312 e. The lowest BCUT2D eigenvalue weighted by Crippen LogP contribution is -2.30. The summed E-state index contributed by atoms with van der Waals surface area (Å²) in [5.74, 6) is 0. The minimum absolute atomic E-state index is 0.720. The van der Waals surface area contributed by atoms with Gasteiger partial charge in [-0.1, -0.05) is 13.8 Å². The second-order valence-corrected chi connectivity index (χ2v) is 4.51. The number of rotatable bonds is 8. The third-order valence-corrected chi connectivity index (χ3v) is 3.10. The molecule has 2 nitrogen and oxygen atoms in total. The van der Waals surface area contributed by atoms with Gasteiger partial charge in [0.2, 0.25) is 0 Å². The van der Waals surface area contributed by atoms with Crippen LogP contribution in [0.15, 0.2) is 0 Å². The van der Waals surface area contributed by atoms with Gasteiger partial charge in [-0.05, 0) is 52.2 Å². The quantitative estimate of drug-likeness (QED) is 0.643. The molecule has 0 aromatic rings. The average molecular weight is 198 g/mol. The molecule has 1 atom stereocenters. The molecule has 1 fully saturated rings. The van der Waals surface area contributed by atoms with Crippen molar-refractivity contribution in [2.45, 2.75) is 58.5 Å². The van der Waals surface area contributed by atoms with Gasteiger partial charge >= 0.3 is 0 Å². The second-order valence-electron chi connectivity index (χ2n) is 4.51. The van der Waals surface area contributed by atoms with Gasteiger partial charge in [-0.2, -0.15) is 0 Å².